The van der Waals surface area contributed by atoms with Gasteiger partial charge in [-0.3, -0.25) is 4.90 Å². The molecule has 8 nitrogen and oxygen atoms in total. The van der Waals surface area contributed by atoms with Gasteiger partial charge < -0.3 is 25.7 Å². The summed E-state index contributed by atoms with van der Waals surface area (Å²) in [5, 5.41) is 0. The smallest absolute Gasteiger partial charge is 0.220 e. The zero-order valence-corrected chi connectivity index (χ0v) is 15.6. The molecule has 3 rings (SSSR count). The molecule has 0 aromatic heterocycles. The third kappa shape index (κ3) is 3.22. The SMILES string of the molecule is COc1ccc(N2C(N)=NC(N)=NC23CCCCC3)c(C(OC)OC)c1. The highest BCUT2D eigenvalue weighted by atomic mass is 16.7. The maximum Gasteiger partial charge on any atom is 0.220 e. The van der Waals surface area contributed by atoms with Crippen LogP contribution in [-0.2, 0) is 9.47 Å². The zero-order chi connectivity index (χ0) is 18.7. The van der Waals surface area contributed by atoms with Crippen LogP contribution in [0.5, 0.6) is 5.75 Å². The van der Waals surface area contributed by atoms with Crippen LogP contribution in [0.3, 0.4) is 0 Å². The molecule has 0 saturated heterocycles. The molecular formula is C18H27N5O3. The first-order valence-electron chi connectivity index (χ1n) is 8.78. The van der Waals surface area contributed by atoms with Gasteiger partial charge in [0, 0.05) is 19.8 Å². The van der Waals surface area contributed by atoms with E-state index in [9.17, 15) is 0 Å². The summed E-state index contributed by atoms with van der Waals surface area (Å²) >= 11 is 0. The highest BCUT2D eigenvalue weighted by Crippen LogP contribution is 2.43. The molecule has 1 spiro atoms. The Kier molecular flexibility index (Phi) is 5.33. The number of hydrogen-bond acceptors (Lipinski definition) is 8. The molecule has 8 heteroatoms. The maximum absolute atomic E-state index is 6.33. The second-order valence-corrected chi connectivity index (χ2v) is 6.55. The molecule has 1 saturated carbocycles. The highest BCUT2D eigenvalue weighted by Gasteiger charge is 2.43. The van der Waals surface area contributed by atoms with Crippen molar-refractivity contribution in [2.24, 2.45) is 21.5 Å². The lowest BCUT2D eigenvalue weighted by molar-refractivity contribution is -0.105. The van der Waals surface area contributed by atoms with Gasteiger partial charge in [0.15, 0.2) is 6.29 Å². The van der Waals surface area contributed by atoms with Gasteiger partial charge in [-0.2, -0.15) is 4.99 Å². The summed E-state index contributed by atoms with van der Waals surface area (Å²) < 4.78 is 16.4. The van der Waals surface area contributed by atoms with Crippen LogP contribution in [-0.4, -0.2) is 38.9 Å². The molecule has 1 heterocycles. The molecule has 0 amide bonds. The summed E-state index contributed by atoms with van der Waals surface area (Å²) in [6.07, 6.45) is 4.45. The fourth-order valence-electron chi connectivity index (χ4n) is 3.87. The van der Waals surface area contributed by atoms with Crippen LogP contribution >= 0.6 is 0 Å². The summed E-state index contributed by atoms with van der Waals surface area (Å²) in [6, 6.07) is 5.71. The number of rotatable bonds is 5. The van der Waals surface area contributed by atoms with Crippen molar-refractivity contribution in [3.8, 4) is 5.75 Å². The minimum absolute atomic E-state index is 0.228. The first kappa shape index (κ1) is 18.5. The van der Waals surface area contributed by atoms with Crippen LogP contribution in [0.25, 0.3) is 0 Å². The Bertz CT molecular complexity index is 709. The Balaban J connectivity index is 2.15. The third-order valence-corrected chi connectivity index (χ3v) is 5.01. The van der Waals surface area contributed by atoms with E-state index in [1.807, 2.05) is 23.1 Å². The first-order valence-corrected chi connectivity index (χ1v) is 8.78. The molecule has 4 N–H and O–H groups in total. The number of nitrogens with zero attached hydrogens (tertiary/aromatic N) is 3. The number of nitrogens with two attached hydrogens (primary N) is 2. The Morgan fingerprint density at radius 1 is 1.08 bits per heavy atom. The van der Waals surface area contributed by atoms with Crippen molar-refractivity contribution in [2.75, 3.05) is 26.2 Å². The minimum atomic E-state index is -0.572. The molecule has 1 aliphatic heterocycles. The predicted octanol–water partition coefficient (Wildman–Crippen LogP) is 2.10. The van der Waals surface area contributed by atoms with Crippen LogP contribution < -0.4 is 21.1 Å². The van der Waals surface area contributed by atoms with Crippen LogP contribution in [0.1, 0.15) is 44.0 Å². The van der Waals surface area contributed by atoms with E-state index >= 15 is 0 Å². The summed E-state index contributed by atoms with van der Waals surface area (Å²) in [7, 11) is 4.81. The molecule has 0 radical (unpaired) electrons. The molecule has 26 heavy (non-hydrogen) atoms. The predicted molar refractivity (Wildman–Crippen MR) is 101 cm³/mol. The molecule has 0 atom stereocenters. The van der Waals surface area contributed by atoms with Crippen LogP contribution in [0.2, 0.25) is 0 Å². The van der Waals surface area contributed by atoms with Crippen molar-refractivity contribution in [2.45, 2.75) is 44.1 Å². The van der Waals surface area contributed by atoms with Crippen molar-refractivity contribution < 1.29 is 14.2 Å². The highest BCUT2D eigenvalue weighted by molar-refractivity contribution is 6.06. The van der Waals surface area contributed by atoms with Gasteiger partial charge >= 0.3 is 0 Å². The van der Waals surface area contributed by atoms with E-state index < -0.39 is 12.0 Å². The number of benzene rings is 1. The van der Waals surface area contributed by atoms with Gasteiger partial charge in [-0.05, 0) is 43.9 Å². The summed E-state index contributed by atoms with van der Waals surface area (Å²) in [6.45, 7) is 0. The molecule has 1 aromatic carbocycles. The molecule has 1 aliphatic carbocycles. The summed E-state index contributed by atoms with van der Waals surface area (Å²) in [5.74, 6) is 1.26. The largest absolute Gasteiger partial charge is 0.497 e. The number of methoxy groups -OCH3 is 3. The monoisotopic (exact) mass is 361 g/mol. The molecule has 1 fully saturated rings. The van der Waals surface area contributed by atoms with E-state index in [-0.39, 0.29) is 5.96 Å². The van der Waals surface area contributed by atoms with Crippen molar-refractivity contribution in [1.29, 1.82) is 0 Å². The van der Waals surface area contributed by atoms with Gasteiger partial charge in [-0.1, -0.05) is 6.42 Å². The third-order valence-electron chi connectivity index (χ3n) is 5.01. The molecule has 0 bridgehead atoms. The normalized spacial score (nSPS) is 19.5. The Labute approximate surface area is 153 Å². The number of anilines is 1. The number of guanidine groups is 2. The lowest BCUT2D eigenvalue weighted by Gasteiger charge is -2.46. The van der Waals surface area contributed by atoms with Crippen molar-refractivity contribution in [3.63, 3.8) is 0 Å². The number of ether oxygens (including phenoxy) is 3. The second kappa shape index (κ2) is 7.51. The Hall–Kier alpha value is -2.32. The zero-order valence-electron chi connectivity index (χ0n) is 15.6. The molecule has 2 aliphatic rings. The molecule has 1 aromatic rings. The van der Waals surface area contributed by atoms with Crippen molar-refractivity contribution >= 4 is 17.6 Å². The van der Waals surface area contributed by atoms with E-state index in [0.717, 1.165) is 36.9 Å². The van der Waals surface area contributed by atoms with Crippen LogP contribution in [0.4, 0.5) is 5.69 Å². The Morgan fingerprint density at radius 3 is 2.38 bits per heavy atom. The average molecular weight is 361 g/mol. The van der Waals surface area contributed by atoms with Gasteiger partial charge in [-0.15, -0.1) is 0 Å². The quantitative estimate of drug-likeness (QED) is 0.778. The standard InChI is InChI=1S/C18H27N5O3/c1-24-12-7-8-14(13(11-12)15(25-2)26-3)23-17(20)21-16(19)22-18(23)9-5-4-6-10-18/h7-8,11,15H,4-6,9-10H2,1-3H3,(H4,19,20,21,22). The maximum atomic E-state index is 6.33. The van der Waals surface area contributed by atoms with Gasteiger partial charge in [0.05, 0.1) is 12.8 Å². The fraction of sp³-hybridized carbons (Fsp3) is 0.556. The summed E-state index contributed by atoms with van der Waals surface area (Å²) in [5.41, 5.74) is 13.4. The molecule has 142 valence electrons. The lowest BCUT2D eigenvalue weighted by atomic mass is 9.87. The fourth-order valence-corrected chi connectivity index (χ4v) is 3.87. The van der Waals surface area contributed by atoms with Gasteiger partial charge in [0.25, 0.3) is 0 Å². The van der Waals surface area contributed by atoms with Gasteiger partial charge in [0.1, 0.15) is 11.4 Å². The first-order chi connectivity index (χ1) is 12.5. The van der Waals surface area contributed by atoms with Crippen LogP contribution in [0.15, 0.2) is 28.2 Å². The number of aliphatic imine (C=N–C) groups is 2. The summed E-state index contributed by atoms with van der Waals surface area (Å²) in [4.78, 5) is 10.9. The van der Waals surface area contributed by atoms with E-state index in [1.165, 1.54) is 6.42 Å². The van der Waals surface area contributed by atoms with E-state index in [0.29, 0.717) is 11.7 Å². The lowest BCUT2D eigenvalue weighted by Crippen LogP contribution is -2.58. The minimum Gasteiger partial charge on any atom is -0.497 e. The van der Waals surface area contributed by atoms with Gasteiger partial charge in [-0.25, -0.2) is 4.99 Å². The molecular weight excluding hydrogens is 334 g/mol. The van der Waals surface area contributed by atoms with Crippen LogP contribution in [0, 0.1) is 0 Å². The van der Waals surface area contributed by atoms with E-state index in [4.69, 9.17) is 30.7 Å². The van der Waals surface area contributed by atoms with Crippen molar-refractivity contribution in [1.82, 2.24) is 0 Å². The van der Waals surface area contributed by atoms with E-state index in [2.05, 4.69) is 4.99 Å². The van der Waals surface area contributed by atoms with Gasteiger partial charge in [0.2, 0.25) is 11.9 Å². The number of hydrogen-bond donors (Lipinski definition) is 2. The topological polar surface area (TPSA) is 108 Å². The Morgan fingerprint density at radius 2 is 1.77 bits per heavy atom. The van der Waals surface area contributed by atoms with Crippen molar-refractivity contribution in [3.05, 3.63) is 23.8 Å². The second-order valence-electron chi connectivity index (χ2n) is 6.55. The van der Waals surface area contributed by atoms with E-state index in [1.54, 1.807) is 21.3 Å². The average Bonchev–Trinajstić information content (AvgIpc) is 2.63. The molecule has 0 unspecified atom stereocenters.